The summed E-state index contributed by atoms with van der Waals surface area (Å²) in [7, 11) is 0. The summed E-state index contributed by atoms with van der Waals surface area (Å²) in [5.74, 6) is 2.96. The average Bonchev–Trinajstić information content (AvgIpc) is 2.21. The predicted octanol–water partition coefficient (Wildman–Crippen LogP) is 3.87. The van der Waals surface area contributed by atoms with Crippen LogP contribution in [0.1, 0.15) is 13.8 Å². The van der Waals surface area contributed by atoms with E-state index in [9.17, 15) is 0 Å². The van der Waals surface area contributed by atoms with Gasteiger partial charge in [-0.15, -0.1) is 0 Å². The van der Waals surface area contributed by atoms with Crippen LogP contribution in [-0.2, 0) is 0 Å². The molecular weight excluding hydrogens is 319 g/mol. The molecule has 0 aliphatic rings. The van der Waals surface area contributed by atoms with Crippen molar-refractivity contribution in [2.24, 2.45) is 11.8 Å². The summed E-state index contributed by atoms with van der Waals surface area (Å²) in [5, 5.41) is 0. The molecule has 84 valence electrons. The molecule has 15 heavy (non-hydrogen) atoms. The van der Waals surface area contributed by atoms with E-state index in [0.29, 0.717) is 11.8 Å². The van der Waals surface area contributed by atoms with Crippen molar-refractivity contribution >= 4 is 35.2 Å². The minimum absolute atomic E-state index is 0.521. The number of hydrogen-bond donors (Lipinski definition) is 1. The molecule has 0 saturated heterocycles. The van der Waals surface area contributed by atoms with E-state index in [1.807, 2.05) is 12.1 Å². The molecular formula is C12H17IOS. The van der Waals surface area contributed by atoms with Crippen LogP contribution in [0.15, 0.2) is 24.3 Å². The number of rotatable bonds is 5. The van der Waals surface area contributed by atoms with E-state index in [0.717, 1.165) is 18.1 Å². The summed E-state index contributed by atoms with van der Waals surface area (Å²) in [6, 6.07) is 8.14. The average molecular weight is 336 g/mol. The largest absolute Gasteiger partial charge is 0.493 e. The second kappa shape index (κ2) is 6.63. The van der Waals surface area contributed by atoms with Crippen molar-refractivity contribution in [1.29, 1.82) is 0 Å². The maximum Gasteiger partial charge on any atom is 0.119 e. The lowest BCUT2D eigenvalue weighted by atomic mass is 9.99. The van der Waals surface area contributed by atoms with Crippen molar-refractivity contribution in [1.82, 2.24) is 0 Å². The van der Waals surface area contributed by atoms with E-state index in [4.69, 9.17) is 4.74 Å². The Kier molecular flexibility index (Phi) is 5.82. The Morgan fingerprint density at radius 3 is 2.33 bits per heavy atom. The first-order chi connectivity index (χ1) is 7.13. The van der Waals surface area contributed by atoms with Gasteiger partial charge in [0.05, 0.1) is 6.61 Å². The Hall–Kier alpha value is 0.1000. The van der Waals surface area contributed by atoms with E-state index in [1.165, 1.54) is 3.57 Å². The number of ether oxygens (including phenoxy) is 1. The standard InChI is InChI=1S/C12H17IOS/c1-9(2)10(8-15)7-14-12-5-3-11(13)4-6-12/h3-6,9-10,15H,7-8H2,1-2H3. The van der Waals surface area contributed by atoms with Crippen LogP contribution in [0.2, 0.25) is 0 Å². The van der Waals surface area contributed by atoms with Gasteiger partial charge in [0.15, 0.2) is 0 Å². The Balaban J connectivity index is 2.45. The normalized spacial score (nSPS) is 12.9. The van der Waals surface area contributed by atoms with Gasteiger partial charge in [-0.3, -0.25) is 0 Å². The monoisotopic (exact) mass is 336 g/mol. The molecule has 0 bridgehead atoms. The van der Waals surface area contributed by atoms with Gasteiger partial charge in [0.25, 0.3) is 0 Å². The van der Waals surface area contributed by atoms with Crippen molar-refractivity contribution in [3.05, 3.63) is 27.8 Å². The van der Waals surface area contributed by atoms with E-state index < -0.39 is 0 Å². The molecule has 1 unspecified atom stereocenters. The van der Waals surface area contributed by atoms with Crippen molar-refractivity contribution in [2.75, 3.05) is 12.4 Å². The molecule has 0 fully saturated rings. The highest BCUT2D eigenvalue weighted by atomic mass is 127. The highest BCUT2D eigenvalue weighted by Gasteiger charge is 2.11. The molecule has 1 aromatic carbocycles. The zero-order valence-corrected chi connectivity index (χ0v) is 12.2. The first-order valence-electron chi connectivity index (χ1n) is 5.12. The second-order valence-corrected chi connectivity index (χ2v) is 5.56. The molecule has 0 heterocycles. The van der Waals surface area contributed by atoms with Crippen LogP contribution in [0, 0.1) is 15.4 Å². The predicted molar refractivity (Wildman–Crippen MR) is 76.8 cm³/mol. The third-order valence-corrected chi connectivity index (χ3v) is 3.64. The Bertz CT molecular complexity index is 284. The highest BCUT2D eigenvalue weighted by Crippen LogP contribution is 2.17. The quantitative estimate of drug-likeness (QED) is 0.634. The molecule has 0 N–H and O–H groups in total. The molecule has 0 saturated carbocycles. The third-order valence-electron chi connectivity index (χ3n) is 2.46. The smallest absolute Gasteiger partial charge is 0.119 e. The fourth-order valence-electron chi connectivity index (χ4n) is 1.19. The summed E-state index contributed by atoms with van der Waals surface area (Å²) in [6.07, 6.45) is 0. The van der Waals surface area contributed by atoms with Gasteiger partial charge in [0, 0.05) is 9.49 Å². The minimum atomic E-state index is 0.521. The van der Waals surface area contributed by atoms with Crippen LogP contribution in [0.3, 0.4) is 0 Å². The fraction of sp³-hybridized carbons (Fsp3) is 0.500. The maximum absolute atomic E-state index is 5.72. The van der Waals surface area contributed by atoms with Crippen molar-refractivity contribution in [3.63, 3.8) is 0 Å². The van der Waals surface area contributed by atoms with Crippen LogP contribution in [0.25, 0.3) is 0 Å². The van der Waals surface area contributed by atoms with Crippen molar-refractivity contribution in [2.45, 2.75) is 13.8 Å². The molecule has 1 atom stereocenters. The van der Waals surface area contributed by atoms with Crippen molar-refractivity contribution < 1.29 is 4.74 Å². The molecule has 0 spiro atoms. The fourth-order valence-corrected chi connectivity index (χ4v) is 2.08. The van der Waals surface area contributed by atoms with Crippen LogP contribution in [0.4, 0.5) is 0 Å². The van der Waals surface area contributed by atoms with Gasteiger partial charge in [-0.05, 0) is 58.5 Å². The Labute approximate surface area is 111 Å². The highest BCUT2D eigenvalue weighted by molar-refractivity contribution is 14.1. The molecule has 0 aliphatic heterocycles. The van der Waals surface area contributed by atoms with E-state index in [-0.39, 0.29) is 0 Å². The summed E-state index contributed by atoms with van der Waals surface area (Å²) in [4.78, 5) is 0. The number of hydrogen-bond acceptors (Lipinski definition) is 2. The molecule has 0 aliphatic carbocycles. The number of benzene rings is 1. The van der Waals surface area contributed by atoms with Gasteiger partial charge in [0.2, 0.25) is 0 Å². The lowest BCUT2D eigenvalue weighted by molar-refractivity contribution is 0.227. The van der Waals surface area contributed by atoms with Gasteiger partial charge < -0.3 is 4.74 Å². The zero-order valence-electron chi connectivity index (χ0n) is 9.11. The van der Waals surface area contributed by atoms with E-state index in [1.54, 1.807) is 0 Å². The van der Waals surface area contributed by atoms with Gasteiger partial charge >= 0.3 is 0 Å². The van der Waals surface area contributed by atoms with Crippen LogP contribution in [-0.4, -0.2) is 12.4 Å². The van der Waals surface area contributed by atoms with Gasteiger partial charge in [-0.1, -0.05) is 13.8 Å². The first kappa shape index (κ1) is 13.2. The summed E-state index contributed by atoms with van der Waals surface area (Å²) >= 11 is 6.63. The lowest BCUT2D eigenvalue weighted by Gasteiger charge is -2.18. The SMILES string of the molecule is CC(C)C(CS)COc1ccc(I)cc1. The molecule has 1 aromatic rings. The second-order valence-electron chi connectivity index (χ2n) is 3.95. The Morgan fingerprint density at radius 2 is 1.87 bits per heavy atom. The summed E-state index contributed by atoms with van der Waals surface area (Å²) in [6.45, 7) is 5.16. The number of thiol groups is 1. The molecule has 1 rings (SSSR count). The van der Waals surface area contributed by atoms with Crippen LogP contribution in [0.5, 0.6) is 5.75 Å². The molecule has 1 nitrogen and oxygen atoms in total. The van der Waals surface area contributed by atoms with Gasteiger partial charge in [-0.2, -0.15) is 12.6 Å². The molecule has 0 amide bonds. The topological polar surface area (TPSA) is 9.23 Å². The van der Waals surface area contributed by atoms with Crippen LogP contribution < -0.4 is 4.74 Å². The molecule has 3 heteroatoms. The van der Waals surface area contributed by atoms with Crippen molar-refractivity contribution in [3.8, 4) is 5.75 Å². The summed E-state index contributed by atoms with van der Waals surface area (Å²) in [5.41, 5.74) is 0. The lowest BCUT2D eigenvalue weighted by Crippen LogP contribution is -2.19. The third kappa shape index (κ3) is 4.64. The maximum atomic E-state index is 5.72. The number of halogens is 1. The van der Waals surface area contributed by atoms with E-state index >= 15 is 0 Å². The van der Waals surface area contributed by atoms with Gasteiger partial charge in [-0.25, -0.2) is 0 Å². The van der Waals surface area contributed by atoms with Crippen LogP contribution >= 0.6 is 35.2 Å². The Morgan fingerprint density at radius 1 is 1.27 bits per heavy atom. The first-order valence-corrected chi connectivity index (χ1v) is 6.84. The molecule has 0 aromatic heterocycles. The van der Waals surface area contributed by atoms with Gasteiger partial charge in [0.1, 0.15) is 5.75 Å². The molecule has 0 radical (unpaired) electrons. The zero-order chi connectivity index (χ0) is 11.3. The minimum Gasteiger partial charge on any atom is -0.493 e. The summed E-state index contributed by atoms with van der Waals surface area (Å²) < 4.78 is 6.95. The van der Waals surface area contributed by atoms with E-state index in [2.05, 4.69) is 61.2 Å².